The predicted molar refractivity (Wildman–Crippen MR) is 96.6 cm³/mol. The van der Waals surface area contributed by atoms with E-state index in [0.717, 1.165) is 18.4 Å². The molecule has 4 heteroatoms. The number of unbranched alkanes of at least 4 members (excludes halogenated alkanes) is 9. The first-order chi connectivity index (χ1) is 11.1. The van der Waals surface area contributed by atoms with Crippen molar-refractivity contribution in [2.45, 2.75) is 84.6 Å². The van der Waals surface area contributed by atoms with Crippen LogP contribution in [-0.4, -0.2) is 20.6 Å². The van der Waals surface area contributed by atoms with E-state index in [2.05, 4.69) is 36.2 Å². The number of imidazole rings is 1. The van der Waals surface area contributed by atoms with Crippen molar-refractivity contribution in [2.24, 2.45) is 0 Å². The van der Waals surface area contributed by atoms with Crippen LogP contribution in [0, 0.1) is 6.92 Å². The molecule has 0 aliphatic rings. The van der Waals surface area contributed by atoms with Crippen molar-refractivity contribution < 1.29 is 9.90 Å². The maximum Gasteiger partial charge on any atom is 0.327 e. The molecule has 1 N–H and O–H groups in total. The van der Waals surface area contributed by atoms with Gasteiger partial charge in [-0.3, -0.25) is 0 Å². The Labute approximate surface area is 141 Å². The third-order valence-corrected chi connectivity index (χ3v) is 3.85. The minimum absolute atomic E-state index is 0.833. The Morgan fingerprint density at radius 2 is 1.61 bits per heavy atom. The van der Waals surface area contributed by atoms with Crippen LogP contribution in [0.25, 0.3) is 0 Å². The van der Waals surface area contributed by atoms with Crippen LogP contribution >= 0.6 is 0 Å². The molecule has 4 nitrogen and oxygen atoms in total. The average Bonchev–Trinajstić information content (AvgIpc) is 2.95. The molecular weight excluding hydrogens is 288 g/mol. The molecule has 0 unspecified atom stereocenters. The van der Waals surface area contributed by atoms with Gasteiger partial charge in [-0.2, -0.15) is 0 Å². The van der Waals surface area contributed by atoms with Crippen LogP contribution in [0.4, 0.5) is 0 Å². The molecule has 0 bridgehead atoms. The number of carboxylic acids is 1. The molecule has 0 fully saturated rings. The summed E-state index contributed by atoms with van der Waals surface area (Å²) < 4.78 is 2.25. The molecule has 0 aliphatic heterocycles. The lowest BCUT2D eigenvalue weighted by Crippen LogP contribution is -1.98. The van der Waals surface area contributed by atoms with E-state index in [1.165, 1.54) is 64.2 Å². The summed E-state index contributed by atoms with van der Waals surface area (Å²) in [6, 6.07) is 0. The number of aryl methyl sites for hydroxylation is 2. The standard InChI is InChI=1S/C16H30N2.C3H4O2/c1-3-4-5-6-7-8-9-10-11-12-14-18-15-13-17-16(18)2;1-2-3(4)5/h13,15H,3-12,14H2,1-2H3;2H,1H2,(H,4,5). The number of carboxylic acid groups (broad SMARTS) is 1. The van der Waals surface area contributed by atoms with Crippen LogP contribution in [0.1, 0.15) is 77.0 Å². The quantitative estimate of drug-likeness (QED) is 0.416. The lowest BCUT2D eigenvalue weighted by atomic mass is 10.1. The van der Waals surface area contributed by atoms with E-state index in [1.54, 1.807) is 0 Å². The predicted octanol–water partition coefficient (Wildman–Crippen LogP) is 5.37. The minimum Gasteiger partial charge on any atom is -0.478 e. The van der Waals surface area contributed by atoms with Crippen LogP contribution in [0.3, 0.4) is 0 Å². The maximum absolute atomic E-state index is 9.25. The number of nitrogens with zero attached hydrogens (tertiary/aromatic N) is 2. The second-order valence-corrected chi connectivity index (χ2v) is 5.89. The summed E-state index contributed by atoms with van der Waals surface area (Å²) in [5, 5.41) is 7.60. The number of hydrogen-bond donors (Lipinski definition) is 1. The molecule has 0 atom stereocenters. The zero-order valence-electron chi connectivity index (χ0n) is 15.0. The molecule has 132 valence electrons. The molecule has 0 amide bonds. The number of aliphatic carboxylic acids is 1. The average molecular weight is 322 g/mol. The highest BCUT2D eigenvalue weighted by atomic mass is 16.4. The summed E-state index contributed by atoms with van der Waals surface area (Å²) in [5.74, 6) is 0.163. The summed E-state index contributed by atoms with van der Waals surface area (Å²) in [6.45, 7) is 8.46. The van der Waals surface area contributed by atoms with Gasteiger partial charge in [0.1, 0.15) is 5.82 Å². The van der Waals surface area contributed by atoms with Gasteiger partial charge in [-0.1, -0.05) is 71.3 Å². The molecule has 0 saturated carbocycles. The van der Waals surface area contributed by atoms with E-state index in [9.17, 15) is 4.79 Å². The van der Waals surface area contributed by atoms with Crippen molar-refractivity contribution in [3.63, 3.8) is 0 Å². The SMILES string of the molecule is C=CC(=O)O.CCCCCCCCCCCCn1ccnc1C. The van der Waals surface area contributed by atoms with Crippen molar-refractivity contribution in [1.29, 1.82) is 0 Å². The number of rotatable bonds is 12. The third-order valence-electron chi connectivity index (χ3n) is 3.85. The van der Waals surface area contributed by atoms with E-state index >= 15 is 0 Å². The van der Waals surface area contributed by atoms with Gasteiger partial charge in [-0.25, -0.2) is 9.78 Å². The van der Waals surface area contributed by atoms with Gasteiger partial charge in [0.05, 0.1) is 0 Å². The zero-order valence-corrected chi connectivity index (χ0v) is 15.0. The van der Waals surface area contributed by atoms with Gasteiger partial charge in [0, 0.05) is 25.0 Å². The van der Waals surface area contributed by atoms with Gasteiger partial charge in [0.15, 0.2) is 0 Å². The summed E-state index contributed by atoms with van der Waals surface area (Å²) in [5.41, 5.74) is 0. The smallest absolute Gasteiger partial charge is 0.327 e. The summed E-state index contributed by atoms with van der Waals surface area (Å²) in [6.07, 6.45) is 18.9. The first-order valence-corrected chi connectivity index (χ1v) is 8.94. The number of carbonyl (C=O) groups is 1. The molecule has 0 radical (unpaired) electrons. The molecule has 0 aliphatic carbocycles. The van der Waals surface area contributed by atoms with Crippen LogP contribution < -0.4 is 0 Å². The molecule has 23 heavy (non-hydrogen) atoms. The van der Waals surface area contributed by atoms with Gasteiger partial charge in [0.2, 0.25) is 0 Å². The minimum atomic E-state index is -0.981. The molecule has 0 aromatic carbocycles. The van der Waals surface area contributed by atoms with Crippen LogP contribution in [0.5, 0.6) is 0 Å². The highest BCUT2D eigenvalue weighted by Crippen LogP contribution is 2.11. The topological polar surface area (TPSA) is 55.1 Å². The van der Waals surface area contributed by atoms with E-state index in [-0.39, 0.29) is 0 Å². The van der Waals surface area contributed by atoms with E-state index in [1.807, 2.05) is 6.20 Å². The number of aromatic nitrogens is 2. The van der Waals surface area contributed by atoms with Crippen LogP contribution in [0.15, 0.2) is 25.0 Å². The summed E-state index contributed by atoms with van der Waals surface area (Å²) in [7, 11) is 0. The lowest BCUT2D eigenvalue weighted by molar-refractivity contribution is -0.131. The Kier molecular flexibility index (Phi) is 14.3. The first kappa shape index (κ1) is 21.4. The van der Waals surface area contributed by atoms with E-state index in [4.69, 9.17) is 5.11 Å². The molecule has 1 rings (SSSR count). The Balaban J connectivity index is 0.000000841. The maximum atomic E-state index is 9.25. The first-order valence-electron chi connectivity index (χ1n) is 8.94. The Bertz CT molecular complexity index is 413. The molecule has 0 spiro atoms. The second-order valence-electron chi connectivity index (χ2n) is 5.89. The van der Waals surface area contributed by atoms with Crippen molar-refractivity contribution in [2.75, 3.05) is 0 Å². The van der Waals surface area contributed by atoms with Gasteiger partial charge < -0.3 is 9.67 Å². The van der Waals surface area contributed by atoms with Gasteiger partial charge in [0.25, 0.3) is 0 Å². The van der Waals surface area contributed by atoms with E-state index in [0.29, 0.717) is 0 Å². The largest absolute Gasteiger partial charge is 0.478 e. The van der Waals surface area contributed by atoms with Crippen molar-refractivity contribution in [3.8, 4) is 0 Å². The Hall–Kier alpha value is -1.58. The second kappa shape index (κ2) is 15.3. The third kappa shape index (κ3) is 13.8. The fourth-order valence-electron chi connectivity index (χ4n) is 2.41. The fraction of sp³-hybridized carbons (Fsp3) is 0.684. The normalized spacial score (nSPS) is 10.0. The molecule has 1 aromatic heterocycles. The summed E-state index contributed by atoms with van der Waals surface area (Å²) >= 11 is 0. The van der Waals surface area contributed by atoms with E-state index < -0.39 is 5.97 Å². The monoisotopic (exact) mass is 322 g/mol. The van der Waals surface area contributed by atoms with Crippen LogP contribution in [0.2, 0.25) is 0 Å². The van der Waals surface area contributed by atoms with Gasteiger partial charge in [-0.05, 0) is 13.3 Å². The Morgan fingerprint density at radius 3 is 2.00 bits per heavy atom. The van der Waals surface area contributed by atoms with Crippen molar-refractivity contribution in [1.82, 2.24) is 9.55 Å². The van der Waals surface area contributed by atoms with Crippen molar-refractivity contribution in [3.05, 3.63) is 30.9 Å². The Morgan fingerprint density at radius 1 is 1.13 bits per heavy atom. The molecular formula is C19H34N2O2. The highest BCUT2D eigenvalue weighted by Gasteiger charge is 1.96. The molecule has 1 aromatic rings. The fourth-order valence-corrected chi connectivity index (χ4v) is 2.41. The van der Waals surface area contributed by atoms with Gasteiger partial charge >= 0.3 is 5.97 Å². The molecule has 0 saturated heterocycles. The number of hydrogen-bond acceptors (Lipinski definition) is 2. The zero-order chi connectivity index (χ0) is 17.3. The van der Waals surface area contributed by atoms with Gasteiger partial charge in [-0.15, -0.1) is 0 Å². The molecule has 1 heterocycles. The van der Waals surface area contributed by atoms with Crippen LogP contribution in [-0.2, 0) is 11.3 Å². The highest BCUT2D eigenvalue weighted by molar-refractivity contribution is 5.78. The lowest BCUT2D eigenvalue weighted by Gasteiger charge is -2.05. The van der Waals surface area contributed by atoms with Crippen molar-refractivity contribution >= 4 is 5.97 Å². The summed E-state index contributed by atoms with van der Waals surface area (Å²) in [4.78, 5) is 13.5.